The van der Waals surface area contributed by atoms with Crippen LogP contribution in [0.3, 0.4) is 0 Å². The average molecular weight is 484 g/mol. The molecule has 2 fully saturated rings. The number of likely N-dealkylation sites (tertiary alicyclic amines) is 1. The van der Waals surface area contributed by atoms with Gasteiger partial charge in [-0.05, 0) is 112 Å². The summed E-state index contributed by atoms with van der Waals surface area (Å²) in [6.45, 7) is 4.81. The van der Waals surface area contributed by atoms with Crippen LogP contribution in [-0.4, -0.2) is 55.1 Å². The van der Waals surface area contributed by atoms with Gasteiger partial charge in [0.05, 0.1) is 18.8 Å². The van der Waals surface area contributed by atoms with E-state index in [1.54, 1.807) is 12.7 Å². The van der Waals surface area contributed by atoms with Crippen LogP contribution in [0.25, 0.3) is 0 Å². The van der Waals surface area contributed by atoms with Gasteiger partial charge in [0.15, 0.2) is 0 Å². The molecule has 4 nitrogen and oxygen atoms in total. The predicted molar refractivity (Wildman–Crippen MR) is 147 cm³/mol. The molecular formula is C32H41N3O. The summed E-state index contributed by atoms with van der Waals surface area (Å²) in [5, 5.41) is 0. The van der Waals surface area contributed by atoms with Gasteiger partial charge in [0.1, 0.15) is 5.75 Å². The van der Waals surface area contributed by atoms with Crippen LogP contribution in [0, 0.1) is 11.8 Å². The number of pyridine rings is 1. The molecule has 3 atom stereocenters. The molecule has 4 heteroatoms. The number of piperidine rings is 1. The predicted octanol–water partition coefficient (Wildman–Crippen LogP) is 6.41. The third-order valence-corrected chi connectivity index (χ3v) is 8.53. The Morgan fingerprint density at radius 3 is 2.44 bits per heavy atom. The smallest absolute Gasteiger partial charge is 0.119 e. The zero-order valence-corrected chi connectivity index (χ0v) is 21.9. The van der Waals surface area contributed by atoms with Gasteiger partial charge in [0.2, 0.25) is 0 Å². The summed E-state index contributed by atoms with van der Waals surface area (Å²) < 4.78 is 5.52. The molecule has 3 aromatic rings. The Morgan fingerprint density at radius 2 is 1.75 bits per heavy atom. The molecule has 1 aliphatic heterocycles. The first-order valence-corrected chi connectivity index (χ1v) is 13.7. The summed E-state index contributed by atoms with van der Waals surface area (Å²) in [5.74, 6) is 3.29. The van der Waals surface area contributed by atoms with Gasteiger partial charge in [0, 0.05) is 12.7 Å². The summed E-state index contributed by atoms with van der Waals surface area (Å²) in [6, 6.07) is 26.0. The molecule has 1 aromatic heterocycles. The highest BCUT2D eigenvalue weighted by Crippen LogP contribution is 2.44. The topological polar surface area (TPSA) is 28.6 Å². The second-order valence-corrected chi connectivity index (χ2v) is 10.8. The van der Waals surface area contributed by atoms with Crippen LogP contribution in [-0.2, 0) is 0 Å². The summed E-state index contributed by atoms with van der Waals surface area (Å²) in [7, 11) is 3.99. The summed E-state index contributed by atoms with van der Waals surface area (Å²) in [4.78, 5) is 9.94. The molecule has 2 unspecified atom stereocenters. The van der Waals surface area contributed by atoms with E-state index in [4.69, 9.17) is 9.72 Å². The van der Waals surface area contributed by atoms with Gasteiger partial charge in [-0.25, -0.2) is 0 Å². The molecule has 0 N–H and O–H groups in total. The minimum Gasteiger partial charge on any atom is -0.497 e. The van der Waals surface area contributed by atoms with E-state index in [-0.39, 0.29) is 6.04 Å². The molecule has 0 radical (unpaired) electrons. The van der Waals surface area contributed by atoms with E-state index in [0.29, 0.717) is 0 Å². The zero-order valence-electron chi connectivity index (χ0n) is 21.9. The molecular weight excluding hydrogens is 442 g/mol. The van der Waals surface area contributed by atoms with E-state index in [0.717, 1.165) is 35.7 Å². The van der Waals surface area contributed by atoms with Crippen molar-refractivity contribution >= 4 is 0 Å². The molecule has 2 aliphatic rings. The molecule has 0 bridgehead atoms. The summed E-state index contributed by atoms with van der Waals surface area (Å²) >= 11 is 0. The van der Waals surface area contributed by atoms with Crippen LogP contribution in [0.5, 0.6) is 5.75 Å². The van der Waals surface area contributed by atoms with Gasteiger partial charge in [0.25, 0.3) is 0 Å². The van der Waals surface area contributed by atoms with Crippen molar-refractivity contribution in [3.8, 4) is 5.75 Å². The van der Waals surface area contributed by atoms with Crippen molar-refractivity contribution in [1.82, 2.24) is 14.8 Å². The third-order valence-electron chi connectivity index (χ3n) is 8.53. The zero-order chi connectivity index (χ0) is 24.7. The lowest BCUT2D eigenvalue weighted by molar-refractivity contribution is 0.125. The first-order chi connectivity index (χ1) is 17.7. The van der Waals surface area contributed by atoms with Crippen LogP contribution >= 0.6 is 0 Å². The van der Waals surface area contributed by atoms with Crippen molar-refractivity contribution in [3.63, 3.8) is 0 Å². The van der Waals surface area contributed by atoms with Crippen molar-refractivity contribution in [2.45, 2.75) is 44.1 Å². The molecule has 1 saturated heterocycles. The molecule has 36 heavy (non-hydrogen) atoms. The minimum absolute atomic E-state index is 0.132. The van der Waals surface area contributed by atoms with Crippen LogP contribution in [0.2, 0.25) is 0 Å². The monoisotopic (exact) mass is 483 g/mol. The fourth-order valence-corrected chi connectivity index (χ4v) is 6.31. The maximum absolute atomic E-state index is 5.52. The highest BCUT2D eigenvalue weighted by molar-refractivity contribution is 5.34. The van der Waals surface area contributed by atoms with Gasteiger partial charge < -0.3 is 9.64 Å². The van der Waals surface area contributed by atoms with Crippen molar-refractivity contribution in [2.75, 3.05) is 40.3 Å². The van der Waals surface area contributed by atoms with Gasteiger partial charge in [-0.1, -0.05) is 48.5 Å². The van der Waals surface area contributed by atoms with Crippen LogP contribution in [0.15, 0.2) is 79.0 Å². The van der Waals surface area contributed by atoms with Crippen LogP contribution < -0.4 is 4.74 Å². The lowest BCUT2D eigenvalue weighted by Crippen LogP contribution is -2.40. The van der Waals surface area contributed by atoms with E-state index in [1.165, 1.54) is 57.3 Å². The number of ether oxygens (including phenoxy) is 1. The van der Waals surface area contributed by atoms with Crippen LogP contribution in [0.1, 0.15) is 60.9 Å². The molecule has 2 heterocycles. The Balaban J connectivity index is 1.14. The fourth-order valence-electron chi connectivity index (χ4n) is 6.31. The average Bonchev–Trinajstić information content (AvgIpc) is 2.91. The lowest BCUT2D eigenvalue weighted by atomic mass is 9.68. The van der Waals surface area contributed by atoms with E-state index >= 15 is 0 Å². The molecule has 1 saturated carbocycles. The highest BCUT2D eigenvalue weighted by atomic mass is 16.5. The molecule has 1 aliphatic carbocycles. The normalized spacial score (nSPS) is 21.8. The maximum atomic E-state index is 5.52. The molecule has 0 amide bonds. The molecule has 2 aromatic carbocycles. The second kappa shape index (κ2) is 12.0. The second-order valence-electron chi connectivity index (χ2n) is 10.8. The van der Waals surface area contributed by atoms with Gasteiger partial charge in [-0.2, -0.15) is 0 Å². The Hall–Kier alpha value is -2.69. The summed E-state index contributed by atoms with van der Waals surface area (Å²) in [5.41, 5.74) is 3.88. The van der Waals surface area contributed by atoms with Gasteiger partial charge >= 0.3 is 0 Å². The molecule has 5 rings (SSSR count). The van der Waals surface area contributed by atoms with Crippen molar-refractivity contribution < 1.29 is 4.74 Å². The van der Waals surface area contributed by atoms with E-state index in [9.17, 15) is 0 Å². The minimum atomic E-state index is 0.132. The van der Waals surface area contributed by atoms with Crippen molar-refractivity contribution in [3.05, 3.63) is 95.8 Å². The Morgan fingerprint density at radius 1 is 0.944 bits per heavy atom. The molecule has 0 spiro atoms. The third kappa shape index (κ3) is 5.99. The fraction of sp³-hybridized carbons (Fsp3) is 0.469. The SMILES string of the molecule is COc1cccc(C(c2ccccn2)N(C)CC2CCN(CC[C@@H]3CCC3c3ccccc3)CC2)c1. The number of nitrogens with zero attached hydrogens (tertiary/aromatic N) is 3. The van der Waals surface area contributed by atoms with E-state index in [1.807, 2.05) is 18.3 Å². The van der Waals surface area contributed by atoms with Gasteiger partial charge in [-0.3, -0.25) is 9.88 Å². The lowest BCUT2D eigenvalue weighted by Gasteiger charge is -2.40. The van der Waals surface area contributed by atoms with E-state index in [2.05, 4.69) is 77.5 Å². The standard InChI is InChI=1S/C32H41N3O/c1-34(32(31-13-6-7-19-33-31)28-11-8-12-29(23-28)36-2)24-25-16-20-35(21-17-25)22-18-27-14-15-30(27)26-9-4-3-5-10-26/h3-13,19,23,25,27,30,32H,14-18,20-22,24H2,1-2H3/t27-,30?,32?/m0/s1. The number of methoxy groups -OCH3 is 1. The quantitative estimate of drug-likeness (QED) is 0.333. The summed E-state index contributed by atoms with van der Waals surface area (Å²) in [6.07, 6.45) is 8.59. The first kappa shape index (κ1) is 25.0. The Labute approximate surface area is 217 Å². The Kier molecular flexibility index (Phi) is 8.35. The first-order valence-electron chi connectivity index (χ1n) is 13.7. The number of aromatic nitrogens is 1. The van der Waals surface area contributed by atoms with Crippen LogP contribution in [0.4, 0.5) is 0 Å². The largest absolute Gasteiger partial charge is 0.497 e. The Bertz CT molecular complexity index is 1070. The van der Waals surface area contributed by atoms with Crippen molar-refractivity contribution in [2.24, 2.45) is 11.8 Å². The number of hydrogen-bond acceptors (Lipinski definition) is 4. The maximum Gasteiger partial charge on any atom is 0.119 e. The highest BCUT2D eigenvalue weighted by Gasteiger charge is 2.32. The molecule has 190 valence electrons. The van der Waals surface area contributed by atoms with E-state index < -0.39 is 0 Å². The van der Waals surface area contributed by atoms with Crippen molar-refractivity contribution in [1.29, 1.82) is 0 Å². The number of rotatable bonds is 10. The number of hydrogen-bond donors (Lipinski definition) is 0. The number of benzene rings is 2. The van der Waals surface area contributed by atoms with Gasteiger partial charge in [-0.15, -0.1) is 0 Å².